The summed E-state index contributed by atoms with van der Waals surface area (Å²) in [5.74, 6) is 1.31. The average Bonchev–Trinajstić information content (AvgIpc) is 3.39. The Bertz CT molecular complexity index is 1290. The highest BCUT2D eigenvalue weighted by Gasteiger charge is 2.20. The van der Waals surface area contributed by atoms with Crippen LogP contribution in [0.5, 0.6) is 5.75 Å². The predicted octanol–water partition coefficient (Wildman–Crippen LogP) is 7.91. The van der Waals surface area contributed by atoms with Crippen LogP contribution in [0.3, 0.4) is 0 Å². The van der Waals surface area contributed by atoms with Crippen LogP contribution in [0.15, 0.2) is 82.2 Å². The first kappa shape index (κ1) is 26.4. The van der Waals surface area contributed by atoms with Crippen LogP contribution in [-0.4, -0.2) is 31.4 Å². The molecule has 0 aromatic heterocycles. The monoisotopic (exact) mass is 517 g/mol. The molecule has 3 aromatic carbocycles. The second-order valence-corrected chi connectivity index (χ2v) is 10.3. The molecule has 1 amide bonds. The molecule has 4 rings (SSSR count). The van der Waals surface area contributed by atoms with Gasteiger partial charge in [0.1, 0.15) is 12.3 Å². The number of hydrogen-bond acceptors (Lipinski definition) is 6. The fourth-order valence-electron chi connectivity index (χ4n) is 4.32. The van der Waals surface area contributed by atoms with E-state index in [1.165, 1.54) is 0 Å². The van der Waals surface area contributed by atoms with Crippen molar-refractivity contribution < 1.29 is 9.53 Å². The summed E-state index contributed by atoms with van der Waals surface area (Å²) < 4.78 is 5.55. The maximum atomic E-state index is 13.0. The van der Waals surface area contributed by atoms with Crippen molar-refractivity contribution in [1.29, 1.82) is 0 Å². The molecule has 3 aromatic rings. The van der Waals surface area contributed by atoms with Crippen LogP contribution in [0.1, 0.15) is 33.3 Å². The minimum absolute atomic E-state index is 0.415. The van der Waals surface area contributed by atoms with Crippen LogP contribution in [0.4, 0.5) is 16.2 Å². The van der Waals surface area contributed by atoms with Crippen molar-refractivity contribution in [2.24, 2.45) is 27.3 Å². The Hall–Kier alpha value is -3.71. The van der Waals surface area contributed by atoms with Gasteiger partial charge in [-0.3, -0.25) is 5.32 Å². The lowest BCUT2D eigenvalue weighted by Gasteiger charge is -2.30. The molecule has 0 saturated heterocycles. The van der Waals surface area contributed by atoms with Crippen LogP contribution in [0, 0.1) is 11.8 Å². The first-order valence-electron chi connectivity index (χ1n) is 12.5. The number of carbonyl (C=O) groups excluding carboxylic acids is 1. The summed E-state index contributed by atoms with van der Waals surface area (Å²) in [5.41, 5.74) is 5.35. The van der Waals surface area contributed by atoms with E-state index in [2.05, 4.69) is 65.5 Å². The Morgan fingerprint density at radius 3 is 2.27 bits per heavy atom. The summed E-state index contributed by atoms with van der Waals surface area (Å²) in [6.45, 7) is 10.9. The third-order valence-corrected chi connectivity index (χ3v) is 6.02. The van der Waals surface area contributed by atoms with Gasteiger partial charge < -0.3 is 9.64 Å². The molecule has 0 saturated carbocycles. The molecule has 0 atom stereocenters. The number of halogens is 1. The number of ether oxygens (including phenoxy) is 1. The van der Waals surface area contributed by atoms with Gasteiger partial charge in [0.2, 0.25) is 0 Å². The predicted molar refractivity (Wildman–Crippen MR) is 151 cm³/mol. The third kappa shape index (κ3) is 6.95. The largest absolute Gasteiger partial charge is 0.417 e. The number of hydrogen-bond donors (Lipinski definition) is 1. The van der Waals surface area contributed by atoms with Gasteiger partial charge in [-0.1, -0.05) is 69.6 Å². The minimum atomic E-state index is -0.569. The summed E-state index contributed by atoms with van der Waals surface area (Å²) in [5, 5.41) is 15.6. The number of benzene rings is 3. The Morgan fingerprint density at radius 2 is 1.65 bits per heavy atom. The van der Waals surface area contributed by atoms with Gasteiger partial charge in [-0.15, -0.1) is 5.10 Å². The topological polar surface area (TPSA) is 78.7 Å². The molecule has 1 heterocycles. The van der Waals surface area contributed by atoms with Crippen LogP contribution < -0.4 is 15.0 Å². The molecule has 1 aliphatic rings. The normalized spacial score (nSPS) is 12.7. The fraction of sp³-hybridized carbons (Fsp3) is 0.310. The molecule has 0 fully saturated rings. The van der Waals surface area contributed by atoms with Crippen molar-refractivity contribution in [3.05, 3.63) is 77.3 Å². The standard InChI is InChI=1S/C29H32ClN5O2/c1-19(2)17-35(18-20(3)4)28-14-9-21(24-7-5-6-8-25(24)27-16-31-34-33-27)15-26(28)32-29(36)37-23-12-10-22(30)11-13-23/h5-15,19-20H,16-18H2,1-4H3,(H,32,36). The van der Waals surface area contributed by atoms with Crippen molar-refractivity contribution in [2.45, 2.75) is 27.7 Å². The highest BCUT2D eigenvalue weighted by Crippen LogP contribution is 2.35. The molecule has 192 valence electrons. The van der Waals surface area contributed by atoms with Gasteiger partial charge in [0.05, 0.1) is 17.1 Å². The summed E-state index contributed by atoms with van der Waals surface area (Å²) in [6, 6.07) is 20.9. The highest BCUT2D eigenvalue weighted by molar-refractivity contribution is 6.30. The Morgan fingerprint density at radius 1 is 0.973 bits per heavy atom. The Balaban J connectivity index is 1.72. The Kier molecular flexibility index (Phi) is 8.56. The smallest absolute Gasteiger partial charge is 0.410 e. The first-order chi connectivity index (χ1) is 17.8. The van der Waals surface area contributed by atoms with Crippen molar-refractivity contribution in [3.63, 3.8) is 0 Å². The van der Waals surface area contributed by atoms with E-state index in [0.717, 1.165) is 41.2 Å². The molecule has 1 N–H and O–H groups in total. The molecule has 0 spiro atoms. The molecule has 0 unspecified atom stereocenters. The van der Waals surface area contributed by atoms with Gasteiger partial charge in [0, 0.05) is 23.7 Å². The fourth-order valence-corrected chi connectivity index (χ4v) is 4.44. The molecule has 7 nitrogen and oxygen atoms in total. The van der Waals surface area contributed by atoms with E-state index in [4.69, 9.17) is 16.3 Å². The lowest BCUT2D eigenvalue weighted by Crippen LogP contribution is -2.32. The van der Waals surface area contributed by atoms with E-state index >= 15 is 0 Å². The Labute approximate surface area is 223 Å². The average molecular weight is 518 g/mol. The van der Waals surface area contributed by atoms with Crippen molar-refractivity contribution in [2.75, 3.05) is 29.9 Å². The number of nitrogens with one attached hydrogen (secondary N) is 1. The number of nitrogens with zero attached hydrogens (tertiary/aromatic N) is 4. The van der Waals surface area contributed by atoms with E-state index in [1.807, 2.05) is 30.3 Å². The molecular weight excluding hydrogens is 486 g/mol. The molecule has 0 bridgehead atoms. The zero-order chi connectivity index (χ0) is 26.4. The van der Waals surface area contributed by atoms with Gasteiger partial charge >= 0.3 is 6.09 Å². The summed E-state index contributed by atoms with van der Waals surface area (Å²) >= 11 is 5.97. The van der Waals surface area contributed by atoms with Gasteiger partial charge in [-0.2, -0.15) is 5.11 Å². The van der Waals surface area contributed by atoms with E-state index in [-0.39, 0.29) is 0 Å². The van der Waals surface area contributed by atoms with Crippen LogP contribution in [0.25, 0.3) is 11.1 Å². The third-order valence-electron chi connectivity index (χ3n) is 5.77. The van der Waals surface area contributed by atoms with Crippen molar-refractivity contribution in [3.8, 4) is 16.9 Å². The van der Waals surface area contributed by atoms with E-state index < -0.39 is 6.09 Å². The minimum Gasteiger partial charge on any atom is -0.410 e. The zero-order valence-electron chi connectivity index (χ0n) is 21.6. The van der Waals surface area contributed by atoms with Gasteiger partial charge in [0.15, 0.2) is 0 Å². The summed E-state index contributed by atoms with van der Waals surface area (Å²) in [7, 11) is 0. The number of rotatable bonds is 9. The lowest BCUT2D eigenvalue weighted by molar-refractivity contribution is 0.215. The molecular formula is C29H32ClN5O2. The molecule has 37 heavy (non-hydrogen) atoms. The van der Waals surface area contributed by atoms with E-state index in [9.17, 15) is 4.79 Å². The maximum absolute atomic E-state index is 13.0. The second kappa shape index (κ2) is 12.0. The van der Waals surface area contributed by atoms with E-state index in [0.29, 0.717) is 34.8 Å². The van der Waals surface area contributed by atoms with Crippen molar-refractivity contribution in [1.82, 2.24) is 0 Å². The number of anilines is 2. The number of carbonyl (C=O) groups is 1. The zero-order valence-corrected chi connectivity index (χ0v) is 22.4. The number of amides is 1. The maximum Gasteiger partial charge on any atom is 0.417 e. The second-order valence-electron chi connectivity index (χ2n) is 9.87. The molecule has 1 aliphatic heterocycles. The van der Waals surface area contributed by atoms with E-state index in [1.54, 1.807) is 24.3 Å². The van der Waals surface area contributed by atoms with Crippen LogP contribution in [0.2, 0.25) is 5.02 Å². The van der Waals surface area contributed by atoms with Crippen molar-refractivity contribution >= 4 is 34.8 Å². The first-order valence-corrected chi connectivity index (χ1v) is 12.8. The van der Waals surface area contributed by atoms with Crippen LogP contribution >= 0.6 is 11.6 Å². The van der Waals surface area contributed by atoms with Crippen LogP contribution in [-0.2, 0) is 0 Å². The van der Waals surface area contributed by atoms with Gasteiger partial charge in [0.25, 0.3) is 0 Å². The molecule has 8 heteroatoms. The summed E-state index contributed by atoms with van der Waals surface area (Å²) in [4.78, 5) is 15.3. The van der Waals surface area contributed by atoms with Gasteiger partial charge in [-0.05, 0) is 64.6 Å². The highest BCUT2D eigenvalue weighted by atomic mass is 35.5. The lowest BCUT2D eigenvalue weighted by atomic mass is 9.95. The molecule has 0 aliphatic carbocycles. The molecule has 0 radical (unpaired) electrons. The van der Waals surface area contributed by atoms with Gasteiger partial charge in [-0.25, -0.2) is 4.79 Å². The quantitative estimate of drug-likeness (QED) is 0.313. The SMILES string of the molecule is CC(C)CN(CC(C)C)c1ccc(-c2ccccc2C2=NN=NC2)cc1NC(=O)Oc1ccc(Cl)cc1. The summed E-state index contributed by atoms with van der Waals surface area (Å²) in [6.07, 6.45) is -0.569.